The van der Waals surface area contributed by atoms with Gasteiger partial charge in [-0.25, -0.2) is 4.79 Å². The molecule has 1 atom stereocenters. The van der Waals surface area contributed by atoms with Crippen LogP contribution in [-0.2, 0) is 11.3 Å². The van der Waals surface area contributed by atoms with E-state index in [4.69, 9.17) is 5.11 Å². The summed E-state index contributed by atoms with van der Waals surface area (Å²) in [4.78, 5) is 24.6. The Morgan fingerprint density at radius 2 is 2.29 bits per heavy atom. The fourth-order valence-electron chi connectivity index (χ4n) is 2.15. The lowest BCUT2D eigenvalue weighted by Gasteiger charge is -2.16. The molecule has 0 spiro atoms. The van der Waals surface area contributed by atoms with Gasteiger partial charge in [-0.3, -0.25) is 4.79 Å². The highest BCUT2D eigenvalue weighted by molar-refractivity contribution is 5.86. The van der Waals surface area contributed by atoms with E-state index in [1.54, 1.807) is 17.2 Å². The molecule has 1 aromatic heterocycles. The van der Waals surface area contributed by atoms with Gasteiger partial charge in [0.1, 0.15) is 12.2 Å². The Labute approximate surface area is 99.6 Å². The molecular weight excluding hydrogens is 220 g/mol. The number of carboxylic acid groups (broad SMARTS) is 1. The predicted octanol–water partition coefficient (Wildman–Crippen LogP) is 1.05. The fraction of sp³-hybridized carbons (Fsp3) is 0.500. The molecule has 1 unspecified atom stereocenters. The van der Waals surface area contributed by atoms with Gasteiger partial charge in [0, 0.05) is 19.3 Å². The standard InChI is InChI=1S/C12H16N2O3/c1-9-4-6-14(7-9)11(15)8-13-5-2-3-10(13)12(16)17/h2-3,5,9H,4,6-8H2,1H3,(H,16,17). The molecule has 17 heavy (non-hydrogen) atoms. The number of rotatable bonds is 3. The highest BCUT2D eigenvalue weighted by Gasteiger charge is 2.23. The van der Waals surface area contributed by atoms with Gasteiger partial charge in [0.05, 0.1) is 0 Å². The molecule has 0 saturated carbocycles. The molecule has 1 aliphatic rings. The van der Waals surface area contributed by atoms with Crippen molar-refractivity contribution in [1.29, 1.82) is 0 Å². The van der Waals surface area contributed by atoms with Crippen LogP contribution in [0.1, 0.15) is 23.8 Å². The molecule has 92 valence electrons. The van der Waals surface area contributed by atoms with Crippen molar-refractivity contribution in [2.45, 2.75) is 19.9 Å². The van der Waals surface area contributed by atoms with Crippen molar-refractivity contribution >= 4 is 11.9 Å². The molecule has 1 saturated heterocycles. The zero-order chi connectivity index (χ0) is 12.4. The molecule has 2 rings (SSSR count). The Balaban J connectivity index is 2.03. The van der Waals surface area contributed by atoms with Crippen molar-refractivity contribution in [2.75, 3.05) is 13.1 Å². The molecule has 0 aliphatic carbocycles. The lowest BCUT2D eigenvalue weighted by atomic mass is 10.2. The maximum Gasteiger partial charge on any atom is 0.352 e. The number of likely N-dealkylation sites (tertiary alicyclic amines) is 1. The third kappa shape index (κ3) is 2.49. The number of carbonyl (C=O) groups is 2. The number of hydrogen-bond acceptors (Lipinski definition) is 2. The first kappa shape index (κ1) is 11.7. The first-order valence-corrected chi connectivity index (χ1v) is 5.74. The molecule has 1 N–H and O–H groups in total. The predicted molar refractivity (Wildman–Crippen MR) is 61.8 cm³/mol. The van der Waals surface area contributed by atoms with E-state index < -0.39 is 5.97 Å². The van der Waals surface area contributed by atoms with Crippen LogP contribution < -0.4 is 0 Å². The molecular formula is C12H16N2O3. The summed E-state index contributed by atoms with van der Waals surface area (Å²) in [5, 5.41) is 8.93. The van der Waals surface area contributed by atoms with E-state index >= 15 is 0 Å². The van der Waals surface area contributed by atoms with Gasteiger partial charge in [0.2, 0.25) is 5.91 Å². The average Bonchev–Trinajstić information content (AvgIpc) is 2.86. The minimum Gasteiger partial charge on any atom is -0.477 e. The van der Waals surface area contributed by atoms with Crippen LogP contribution in [0.25, 0.3) is 0 Å². The second-order valence-electron chi connectivity index (χ2n) is 4.56. The molecule has 0 radical (unpaired) electrons. The monoisotopic (exact) mass is 236 g/mol. The van der Waals surface area contributed by atoms with E-state index in [0.29, 0.717) is 5.92 Å². The van der Waals surface area contributed by atoms with Gasteiger partial charge < -0.3 is 14.6 Å². The summed E-state index contributed by atoms with van der Waals surface area (Å²) >= 11 is 0. The first-order valence-electron chi connectivity index (χ1n) is 5.74. The summed E-state index contributed by atoms with van der Waals surface area (Å²) < 4.78 is 1.48. The van der Waals surface area contributed by atoms with Gasteiger partial charge in [-0.05, 0) is 24.5 Å². The highest BCUT2D eigenvalue weighted by atomic mass is 16.4. The van der Waals surface area contributed by atoms with E-state index in [-0.39, 0.29) is 18.1 Å². The van der Waals surface area contributed by atoms with Crippen LogP contribution in [0.5, 0.6) is 0 Å². The summed E-state index contributed by atoms with van der Waals surface area (Å²) in [6, 6.07) is 3.14. The minimum atomic E-state index is -1.00. The number of aromatic carboxylic acids is 1. The zero-order valence-electron chi connectivity index (χ0n) is 9.80. The van der Waals surface area contributed by atoms with Gasteiger partial charge in [-0.1, -0.05) is 6.92 Å². The van der Waals surface area contributed by atoms with Crippen molar-refractivity contribution in [3.63, 3.8) is 0 Å². The van der Waals surface area contributed by atoms with Crippen molar-refractivity contribution in [3.8, 4) is 0 Å². The highest BCUT2D eigenvalue weighted by Crippen LogP contribution is 2.15. The van der Waals surface area contributed by atoms with Crippen LogP contribution in [0.15, 0.2) is 18.3 Å². The van der Waals surface area contributed by atoms with Crippen LogP contribution >= 0.6 is 0 Å². The summed E-state index contributed by atoms with van der Waals surface area (Å²) in [6.45, 7) is 3.79. The fourth-order valence-corrected chi connectivity index (χ4v) is 2.15. The maximum atomic E-state index is 11.9. The van der Waals surface area contributed by atoms with Crippen molar-refractivity contribution in [1.82, 2.24) is 9.47 Å². The summed E-state index contributed by atoms with van der Waals surface area (Å²) in [6.07, 6.45) is 2.66. The molecule has 0 aromatic carbocycles. The second-order valence-corrected chi connectivity index (χ2v) is 4.56. The van der Waals surface area contributed by atoms with Gasteiger partial charge in [0.15, 0.2) is 0 Å². The van der Waals surface area contributed by atoms with E-state index in [0.717, 1.165) is 19.5 Å². The van der Waals surface area contributed by atoms with Gasteiger partial charge in [-0.15, -0.1) is 0 Å². The lowest BCUT2D eigenvalue weighted by Crippen LogP contribution is -2.32. The third-order valence-corrected chi connectivity index (χ3v) is 3.13. The van der Waals surface area contributed by atoms with Crippen LogP contribution in [0, 0.1) is 5.92 Å². The number of nitrogens with zero attached hydrogens (tertiary/aromatic N) is 2. The van der Waals surface area contributed by atoms with Gasteiger partial charge in [0.25, 0.3) is 0 Å². The number of hydrogen-bond donors (Lipinski definition) is 1. The summed E-state index contributed by atoms with van der Waals surface area (Å²) in [7, 11) is 0. The number of amides is 1. The molecule has 1 aromatic rings. The van der Waals surface area contributed by atoms with E-state index in [1.807, 2.05) is 0 Å². The molecule has 1 fully saturated rings. The van der Waals surface area contributed by atoms with Crippen LogP contribution in [0.4, 0.5) is 0 Å². The van der Waals surface area contributed by atoms with Crippen molar-refractivity contribution in [3.05, 3.63) is 24.0 Å². The number of carbonyl (C=O) groups excluding carboxylic acids is 1. The topological polar surface area (TPSA) is 62.5 Å². The van der Waals surface area contributed by atoms with Gasteiger partial charge >= 0.3 is 5.97 Å². The average molecular weight is 236 g/mol. The Kier molecular flexibility index (Phi) is 3.17. The molecule has 1 amide bonds. The molecule has 1 aliphatic heterocycles. The Morgan fingerprint density at radius 1 is 1.53 bits per heavy atom. The van der Waals surface area contributed by atoms with Crippen molar-refractivity contribution < 1.29 is 14.7 Å². The molecule has 0 bridgehead atoms. The van der Waals surface area contributed by atoms with Crippen LogP contribution in [0.2, 0.25) is 0 Å². The lowest BCUT2D eigenvalue weighted by molar-refractivity contribution is -0.130. The smallest absolute Gasteiger partial charge is 0.352 e. The molecule has 5 nitrogen and oxygen atoms in total. The van der Waals surface area contributed by atoms with E-state index in [2.05, 4.69) is 6.92 Å². The van der Waals surface area contributed by atoms with Crippen LogP contribution in [0.3, 0.4) is 0 Å². The first-order chi connectivity index (χ1) is 8.08. The van der Waals surface area contributed by atoms with Crippen LogP contribution in [-0.4, -0.2) is 39.5 Å². The largest absolute Gasteiger partial charge is 0.477 e. The molecule has 2 heterocycles. The Bertz CT molecular complexity index is 439. The summed E-state index contributed by atoms with van der Waals surface area (Å²) in [5.41, 5.74) is 0.158. The maximum absolute atomic E-state index is 11.9. The quantitative estimate of drug-likeness (QED) is 0.853. The second kappa shape index (κ2) is 4.61. The number of aromatic nitrogens is 1. The Morgan fingerprint density at radius 3 is 2.88 bits per heavy atom. The normalized spacial score (nSPS) is 19.6. The van der Waals surface area contributed by atoms with E-state index in [9.17, 15) is 9.59 Å². The van der Waals surface area contributed by atoms with Crippen molar-refractivity contribution in [2.24, 2.45) is 5.92 Å². The zero-order valence-corrected chi connectivity index (χ0v) is 9.80. The minimum absolute atomic E-state index is 0.00644. The summed E-state index contributed by atoms with van der Waals surface area (Å²) in [5.74, 6) is -0.465. The SMILES string of the molecule is CC1CCN(C(=O)Cn2cccc2C(=O)O)C1. The number of carboxylic acids is 1. The third-order valence-electron chi connectivity index (χ3n) is 3.13. The Hall–Kier alpha value is -1.78. The van der Waals surface area contributed by atoms with E-state index in [1.165, 1.54) is 10.6 Å². The van der Waals surface area contributed by atoms with Gasteiger partial charge in [-0.2, -0.15) is 0 Å². The molecule has 5 heteroatoms.